The Morgan fingerprint density at radius 1 is 0.357 bits per heavy atom. The molecule has 0 fully saturated rings. The molecule has 0 unspecified atom stereocenters. The SMILES string of the molecule is c1ccc(-c2ccc(N(c3ccc(-c4ccccc4)cc3)c3ccccc3-c3ccc4c(c3)c3cc(-c5ccccn5)cc5c6ccccc6n4c53)cc2)cc1. The van der Waals surface area contributed by atoms with E-state index in [0.717, 1.165) is 39.4 Å². The molecule has 0 aliphatic carbocycles. The van der Waals surface area contributed by atoms with Gasteiger partial charge in [-0.2, -0.15) is 0 Å². The van der Waals surface area contributed by atoms with Crippen LogP contribution < -0.4 is 4.90 Å². The van der Waals surface area contributed by atoms with Crippen molar-refractivity contribution in [3.8, 4) is 44.6 Å². The maximum absolute atomic E-state index is 4.76. The molecule has 0 spiro atoms. The van der Waals surface area contributed by atoms with Crippen LogP contribution in [0.3, 0.4) is 0 Å². The summed E-state index contributed by atoms with van der Waals surface area (Å²) in [4.78, 5) is 7.15. The summed E-state index contributed by atoms with van der Waals surface area (Å²) < 4.78 is 2.45. The van der Waals surface area contributed by atoms with Crippen molar-refractivity contribution in [1.29, 1.82) is 0 Å². The zero-order valence-electron chi connectivity index (χ0n) is 30.5. The molecule has 3 nitrogen and oxygen atoms in total. The summed E-state index contributed by atoms with van der Waals surface area (Å²) in [5.41, 5.74) is 16.2. The van der Waals surface area contributed by atoms with Crippen LogP contribution in [0.4, 0.5) is 17.1 Å². The molecule has 0 saturated heterocycles. The van der Waals surface area contributed by atoms with E-state index in [1.54, 1.807) is 0 Å². The fourth-order valence-corrected chi connectivity index (χ4v) is 8.56. The number of hydrogen-bond acceptors (Lipinski definition) is 2. The summed E-state index contributed by atoms with van der Waals surface area (Å²) in [6.45, 7) is 0. The zero-order chi connectivity index (χ0) is 37.0. The van der Waals surface area contributed by atoms with E-state index in [4.69, 9.17) is 4.98 Å². The molecule has 8 aromatic carbocycles. The molecule has 3 aromatic heterocycles. The van der Waals surface area contributed by atoms with Gasteiger partial charge in [0.15, 0.2) is 0 Å². The van der Waals surface area contributed by atoms with Gasteiger partial charge in [0, 0.05) is 50.2 Å². The molecular formula is C53H35N3. The van der Waals surface area contributed by atoms with Gasteiger partial charge in [0.2, 0.25) is 0 Å². The zero-order valence-corrected chi connectivity index (χ0v) is 30.5. The Morgan fingerprint density at radius 3 is 1.54 bits per heavy atom. The molecule has 0 bridgehead atoms. The number of rotatable bonds is 7. The summed E-state index contributed by atoms with van der Waals surface area (Å²) in [5, 5.41) is 4.97. The van der Waals surface area contributed by atoms with Gasteiger partial charge in [0.25, 0.3) is 0 Å². The topological polar surface area (TPSA) is 20.5 Å². The molecule has 0 amide bonds. The van der Waals surface area contributed by atoms with Crippen molar-refractivity contribution in [3.05, 3.63) is 212 Å². The molecule has 0 atom stereocenters. The van der Waals surface area contributed by atoms with E-state index in [0.29, 0.717) is 0 Å². The van der Waals surface area contributed by atoms with Gasteiger partial charge in [-0.15, -0.1) is 0 Å². The van der Waals surface area contributed by atoms with Gasteiger partial charge in [-0.05, 0) is 101 Å². The standard InChI is InChI=1S/C53H35N3/c1-3-13-36(14-4-1)38-22-27-42(28-23-38)55(43-29-24-39(25-30-43)37-15-5-2-6-16-37)50-20-9-7-17-44(50)40-26-31-52-46(33-40)48-35-41(49-19-11-12-32-54-49)34-47-45-18-8-10-21-51(45)56(52)53(47)48/h1-35H. The number of pyridine rings is 1. The van der Waals surface area contributed by atoms with Crippen molar-refractivity contribution in [2.24, 2.45) is 0 Å². The van der Waals surface area contributed by atoms with E-state index >= 15 is 0 Å². The van der Waals surface area contributed by atoms with Gasteiger partial charge in [-0.1, -0.05) is 133 Å². The van der Waals surface area contributed by atoms with Crippen LogP contribution in [-0.2, 0) is 0 Å². The predicted octanol–water partition coefficient (Wildman–Crippen LogP) is 14.4. The van der Waals surface area contributed by atoms with Crippen molar-refractivity contribution in [2.75, 3.05) is 4.90 Å². The van der Waals surface area contributed by atoms with Crippen molar-refractivity contribution in [1.82, 2.24) is 9.38 Å². The lowest BCUT2D eigenvalue weighted by Crippen LogP contribution is -2.11. The number of hydrogen-bond donors (Lipinski definition) is 0. The number of para-hydroxylation sites is 2. The van der Waals surface area contributed by atoms with Gasteiger partial charge in [-0.25, -0.2) is 0 Å². The summed E-state index contributed by atoms with van der Waals surface area (Å²) >= 11 is 0. The Bertz CT molecular complexity index is 3070. The minimum absolute atomic E-state index is 0.977. The van der Waals surface area contributed by atoms with E-state index in [1.165, 1.54) is 60.3 Å². The van der Waals surface area contributed by atoms with E-state index in [9.17, 15) is 0 Å². The van der Waals surface area contributed by atoms with Crippen LogP contribution >= 0.6 is 0 Å². The largest absolute Gasteiger partial charge is 0.310 e. The van der Waals surface area contributed by atoms with Crippen LogP contribution in [0.2, 0.25) is 0 Å². The van der Waals surface area contributed by atoms with Crippen molar-refractivity contribution < 1.29 is 0 Å². The Hall–Kier alpha value is -7.49. The van der Waals surface area contributed by atoms with E-state index in [-0.39, 0.29) is 0 Å². The third-order valence-corrected chi connectivity index (χ3v) is 11.2. The fourth-order valence-electron chi connectivity index (χ4n) is 8.56. The van der Waals surface area contributed by atoms with E-state index in [1.807, 2.05) is 12.3 Å². The molecule has 0 saturated carbocycles. The smallest absolute Gasteiger partial charge is 0.0702 e. The number of nitrogens with zero attached hydrogens (tertiary/aromatic N) is 3. The molecule has 11 rings (SSSR count). The second-order valence-corrected chi connectivity index (χ2v) is 14.4. The van der Waals surface area contributed by atoms with E-state index in [2.05, 4.69) is 209 Å². The molecular weight excluding hydrogens is 679 g/mol. The average molecular weight is 714 g/mol. The molecule has 56 heavy (non-hydrogen) atoms. The number of benzene rings is 8. The normalized spacial score (nSPS) is 11.6. The average Bonchev–Trinajstić information content (AvgIpc) is 3.79. The van der Waals surface area contributed by atoms with Crippen molar-refractivity contribution in [3.63, 3.8) is 0 Å². The maximum atomic E-state index is 4.76. The highest BCUT2D eigenvalue weighted by molar-refractivity contribution is 6.24. The van der Waals surface area contributed by atoms with Crippen LogP contribution in [-0.4, -0.2) is 9.38 Å². The van der Waals surface area contributed by atoms with Crippen LogP contribution in [0.1, 0.15) is 0 Å². The third-order valence-electron chi connectivity index (χ3n) is 11.2. The summed E-state index contributed by atoms with van der Waals surface area (Å²) in [5.74, 6) is 0. The molecule has 262 valence electrons. The highest BCUT2D eigenvalue weighted by atomic mass is 15.1. The second kappa shape index (κ2) is 13.1. The number of fused-ring (bicyclic) bond motifs is 6. The van der Waals surface area contributed by atoms with E-state index < -0.39 is 0 Å². The molecule has 0 aliphatic rings. The molecule has 3 heterocycles. The first kappa shape index (κ1) is 32.0. The summed E-state index contributed by atoms with van der Waals surface area (Å²) in [7, 11) is 0. The molecule has 11 aromatic rings. The van der Waals surface area contributed by atoms with Crippen LogP contribution in [0.25, 0.3) is 82.7 Å². The van der Waals surface area contributed by atoms with Crippen molar-refractivity contribution in [2.45, 2.75) is 0 Å². The monoisotopic (exact) mass is 713 g/mol. The Labute approximate surface area is 325 Å². The maximum Gasteiger partial charge on any atom is 0.0702 e. The Morgan fingerprint density at radius 2 is 0.875 bits per heavy atom. The van der Waals surface area contributed by atoms with Crippen molar-refractivity contribution >= 4 is 55.2 Å². The first-order valence-corrected chi connectivity index (χ1v) is 19.1. The minimum Gasteiger partial charge on any atom is -0.310 e. The Balaban J connectivity index is 1.10. The van der Waals surface area contributed by atoms with Gasteiger partial charge in [0.1, 0.15) is 0 Å². The summed E-state index contributed by atoms with van der Waals surface area (Å²) in [6, 6.07) is 74.4. The van der Waals surface area contributed by atoms with Gasteiger partial charge >= 0.3 is 0 Å². The molecule has 3 heteroatoms. The first-order valence-electron chi connectivity index (χ1n) is 19.1. The molecule has 0 aliphatic heterocycles. The molecule has 0 N–H and O–H groups in total. The highest BCUT2D eigenvalue weighted by Gasteiger charge is 2.22. The van der Waals surface area contributed by atoms with Crippen LogP contribution in [0, 0.1) is 0 Å². The fraction of sp³-hybridized carbons (Fsp3) is 0. The highest BCUT2D eigenvalue weighted by Crippen LogP contribution is 2.45. The number of aromatic nitrogens is 2. The Kier molecular flexibility index (Phi) is 7.49. The predicted molar refractivity (Wildman–Crippen MR) is 235 cm³/mol. The minimum atomic E-state index is 0.977. The van der Waals surface area contributed by atoms with Gasteiger partial charge in [0.05, 0.1) is 27.9 Å². The van der Waals surface area contributed by atoms with Gasteiger partial charge < -0.3 is 9.30 Å². The van der Waals surface area contributed by atoms with Crippen LogP contribution in [0.5, 0.6) is 0 Å². The lowest BCUT2D eigenvalue weighted by molar-refractivity contribution is 1.28. The first-order chi connectivity index (χ1) is 27.8. The van der Waals surface area contributed by atoms with Crippen LogP contribution in [0.15, 0.2) is 212 Å². The second-order valence-electron chi connectivity index (χ2n) is 14.4. The van der Waals surface area contributed by atoms with Gasteiger partial charge in [-0.3, -0.25) is 4.98 Å². The quantitative estimate of drug-likeness (QED) is 0.164. The lowest BCUT2D eigenvalue weighted by Gasteiger charge is -2.28. The summed E-state index contributed by atoms with van der Waals surface area (Å²) in [6.07, 6.45) is 1.88. The lowest BCUT2D eigenvalue weighted by atomic mass is 9.97. The third kappa shape index (κ3) is 5.25. The molecule has 0 radical (unpaired) electrons. The number of anilines is 3.